The topological polar surface area (TPSA) is 82.3 Å². The van der Waals surface area contributed by atoms with Crippen LogP contribution >= 0.6 is 0 Å². The van der Waals surface area contributed by atoms with Gasteiger partial charge < -0.3 is 9.30 Å². The Morgan fingerprint density at radius 2 is 1.80 bits per heavy atom. The summed E-state index contributed by atoms with van der Waals surface area (Å²) < 4.78 is 7.65. The van der Waals surface area contributed by atoms with Crippen molar-refractivity contribution in [2.45, 2.75) is 33.3 Å². The Balaban J connectivity index is 2.46. The zero-order chi connectivity index (χ0) is 18.9. The van der Waals surface area contributed by atoms with Crippen LogP contribution in [0.3, 0.4) is 0 Å². The number of benzene rings is 1. The van der Waals surface area contributed by atoms with Crippen LogP contribution in [0.4, 0.5) is 10.5 Å². The van der Waals surface area contributed by atoms with Gasteiger partial charge >= 0.3 is 11.8 Å². The van der Waals surface area contributed by atoms with E-state index >= 15 is 0 Å². The molecule has 0 saturated carbocycles. The summed E-state index contributed by atoms with van der Waals surface area (Å²) in [7, 11) is 3.03. The summed E-state index contributed by atoms with van der Waals surface area (Å²) in [6.45, 7) is 7.00. The van der Waals surface area contributed by atoms with E-state index in [1.807, 2.05) is 0 Å². The lowest BCUT2D eigenvalue weighted by molar-refractivity contribution is 0.0636. The fourth-order valence-electron chi connectivity index (χ4n) is 2.36. The maximum absolute atomic E-state index is 12.5. The van der Waals surface area contributed by atoms with E-state index in [0.717, 1.165) is 4.57 Å². The fraction of sp³-hybridized carbons (Fsp3) is 0.389. The average Bonchev–Trinajstić information content (AvgIpc) is 2.50. The molecule has 1 amide bonds. The van der Waals surface area contributed by atoms with Crippen LogP contribution in [0.25, 0.3) is 11.1 Å². The van der Waals surface area contributed by atoms with Gasteiger partial charge in [0.2, 0.25) is 0 Å². The third-order valence-electron chi connectivity index (χ3n) is 3.66. The molecule has 1 radical (unpaired) electrons. The fourth-order valence-corrected chi connectivity index (χ4v) is 2.36. The number of aromatic nitrogens is 2. The van der Waals surface area contributed by atoms with E-state index in [1.165, 1.54) is 11.6 Å². The maximum atomic E-state index is 12.5. The molecule has 1 aromatic heterocycles. The van der Waals surface area contributed by atoms with Gasteiger partial charge in [0, 0.05) is 25.9 Å². The van der Waals surface area contributed by atoms with Crippen LogP contribution < -0.4 is 16.6 Å². The van der Waals surface area contributed by atoms with Crippen LogP contribution in [0, 0.1) is 13.0 Å². The minimum absolute atomic E-state index is 0.359. The number of anilines is 1. The van der Waals surface area contributed by atoms with Gasteiger partial charge in [0.05, 0.1) is 11.3 Å². The summed E-state index contributed by atoms with van der Waals surface area (Å²) >= 11 is 0. The van der Waals surface area contributed by atoms with Crippen molar-refractivity contribution in [2.75, 3.05) is 5.32 Å². The Bertz CT molecular complexity index is 933. The number of carbonyl (C=O) groups is 1. The third-order valence-corrected chi connectivity index (χ3v) is 3.66. The number of hydrogen-bond donors (Lipinski definition) is 1. The molecule has 7 nitrogen and oxygen atoms in total. The molecule has 0 fully saturated rings. The second-order valence-corrected chi connectivity index (χ2v) is 6.77. The van der Waals surface area contributed by atoms with E-state index in [2.05, 4.69) is 11.4 Å². The van der Waals surface area contributed by atoms with Gasteiger partial charge in [0.1, 0.15) is 5.60 Å². The van der Waals surface area contributed by atoms with Crippen LogP contribution in [0.2, 0.25) is 0 Å². The molecule has 1 aromatic carbocycles. The molecule has 25 heavy (non-hydrogen) atoms. The van der Waals surface area contributed by atoms with Gasteiger partial charge in [0.25, 0.3) is 5.56 Å². The number of hydrogen-bond acceptors (Lipinski definition) is 4. The first-order chi connectivity index (χ1) is 11.5. The second kappa shape index (κ2) is 6.58. The average molecular weight is 344 g/mol. The van der Waals surface area contributed by atoms with E-state index in [1.54, 1.807) is 52.9 Å². The predicted octanol–water partition coefficient (Wildman–Crippen LogP) is 2.21. The number of ether oxygens (including phenoxy) is 1. The molecule has 2 rings (SSSR count). The molecule has 0 aliphatic carbocycles. The molecule has 0 bridgehead atoms. The van der Waals surface area contributed by atoms with Crippen LogP contribution in [-0.2, 0) is 18.8 Å². The number of amides is 1. The SMILES string of the molecule is Cc1c(-c2[c]c(NC(=O)OC(C)(C)C)ccc2)c(=O)n(C)c(=O)n1C. The van der Waals surface area contributed by atoms with Crippen molar-refractivity contribution >= 4 is 11.8 Å². The van der Waals surface area contributed by atoms with Crippen molar-refractivity contribution in [3.63, 3.8) is 0 Å². The van der Waals surface area contributed by atoms with Crippen LogP contribution in [0.5, 0.6) is 0 Å². The number of nitrogens with one attached hydrogen (secondary N) is 1. The van der Waals surface area contributed by atoms with E-state index < -0.39 is 22.9 Å². The van der Waals surface area contributed by atoms with Gasteiger partial charge in [-0.1, -0.05) is 12.1 Å². The van der Waals surface area contributed by atoms with Crippen LogP contribution in [0.15, 0.2) is 27.8 Å². The molecular formula is C18H22N3O4. The zero-order valence-corrected chi connectivity index (χ0v) is 15.3. The smallest absolute Gasteiger partial charge is 0.412 e. The van der Waals surface area contributed by atoms with Gasteiger partial charge in [-0.05, 0) is 39.3 Å². The van der Waals surface area contributed by atoms with Crippen molar-refractivity contribution in [2.24, 2.45) is 14.1 Å². The molecule has 1 N–H and O–H groups in total. The first-order valence-corrected chi connectivity index (χ1v) is 7.80. The molecule has 0 aliphatic heterocycles. The monoisotopic (exact) mass is 344 g/mol. The van der Waals surface area contributed by atoms with Crippen molar-refractivity contribution in [1.29, 1.82) is 0 Å². The summed E-state index contributed by atoms with van der Waals surface area (Å²) in [4.78, 5) is 36.4. The van der Waals surface area contributed by atoms with Crippen LogP contribution in [-0.4, -0.2) is 20.8 Å². The molecule has 0 saturated heterocycles. The normalized spacial score (nSPS) is 11.3. The highest BCUT2D eigenvalue weighted by Crippen LogP contribution is 2.21. The molecule has 7 heteroatoms. The van der Waals surface area contributed by atoms with Crippen molar-refractivity contribution < 1.29 is 9.53 Å². The molecule has 133 valence electrons. The Morgan fingerprint density at radius 1 is 1.16 bits per heavy atom. The highest BCUT2D eigenvalue weighted by molar-refractivity contribution is 5.86. The van der Waals surface area contributed by atoms with E-state index in [9.17, 15) is 14.4 Å². The molecule has 2 aromatic rings. The molecule has 0 aliphatic rings. The molecule has 0 unspecified atom stereocenters. The van der Waals surface area contributed by atoms with E-state index in [0.29, 0.717) is 22.5 Å². The lowest BCUT2D eigenvalue weighted by Crippen LogP contribution is -2.39. The Labute approximate surface area is 145 Å². The molecule has 1 heterocycles. The number of rotatable bonds is 2. The first-order valence-electron chi connectivity index (χ1n) is 7.80. The minimum Gasteiger partial charge on any atom is -0.444 e. The van der Waals surface area contributed by atoms with Crippen molar-refractivity contribution in [3.05, 3.63) is 50.8 Å². The Morgan fingerprint density at radius 3 is 2.40 bits per heavy atom. The van der Waals surface area contributed by atoms with E-state index in [-0.39, 0.29) is 0 Å². The largest absolute Gasteiger partial charge is 0.444 e. The van der Waals surface area contributed by atoms with Gasteiger partial charge in [-0.25, -0.2) is 9.59 Å². The first kappa shape index (κ1) is 18.5. The maximum Gasteiger partial charge on any atom is 0.412 e. The molecular weight excluding hydrogens is 322 g/mol. The molecule has 0 spiro atoms. The van der Waals surface area contributed by atoms with E-state index in [4.69, 9.17) is 4.74 Å². The highest BCUT2D eigenvalue weighted by atomic mass is 16.6. The lowest BCUT2D eigenvalue weighted by Gasteiger charge is -2.19. The quantitative estimate of drug-likeness (QED) is 0.905. The van der Waals surface area contributed by atoms with Gasteiger partial charge in [-0.15, -0.1) is 0 Å². The second-order valence-electron chi connectivity index (χ2n) is 6.77. The lowest BCUT2D eigenvalue weighted by atomic mass is 10.0. The van der Waals surface area contributed by atoms with Crippen molar-refractivity contribution in [3.8, 4) is 11.1 Å². The van der Waals surface area contributed by atoms with Crippen molar-refractivity contribution in [1.82, 2.24) is 9.13 Å². The van der Waals surface area contributed by atoms with Gasteiger partial charge in [-0.2, -0.15) is 0 Å². The molecule has 0 atom stereocenters. The summed E-state index contributed by atoms with van der Waals surface area (Å²) in [5.41, 5.74) is 0.326. The summed E-state index contributed by atoms with van der Waals surface area (Å²) in [5.74, 6) is 0. The highest BCUT2D eigenvalue weighted by Gasteiger charge is 2.18. The summed E-state index contributed by atoms with van der Waals surface area (Å²) in [6.07, 6.45) is -0.606. The Kier molecular flexibility index (Phi) is 4.87. The number of nitrogens with zero attached hydrogens (tertiary/aromatic N) is 2. The van der Waals surface area contributed by atoms with Gasteiger partial charge in [-0.3, -0.25) is 14.7 Å². The summed E-state index contributed by atoms with van der Waals surface area (Å²) in [6, 6.07) is 8.04. The van der Waals surface area contributed by atoms with Gasteiger partial charge in [0.15, 0.2) is 0 Å². The third kappa shape index (κ3) is 3.99. The Hall–Kier alpha value is -2.83. The standard InChI is InChI=1S/C18H22N3O4/c1-11-14(15(22)21(6)17(24)20(11)5)12-8-7-9-13(10-12)19-16(23)25-18(2,3)4/h7-9H,1-6H3,(H,19,23). The van der Waals surface area contributed by atoms with Crippen LogP contribution in [0.1, 0.15) is 26.5 Å². The summed E-state index contributed by atoms with van der Waals surface area (Å²) in [5, 5.41) is 2.59. The predicted molar refractivity (Wildman–Crippen MR) is 95.8 cm³/mol. The minimum atomic E-state index is -0.619. The zero-order valence-electron chi connectivity index (χ0n) is 15.3. The number of carbonyl (C=O) groups excluding carboxylic acids is 1.